The maximum atomic E-state index is 13.1. The summed E-state index contributed by atoms with van der Waals surface area (Å²) in [6, 6.07) is 0.681. The molecule has 0 bridgehead atoms. The molecule has 1 amide bonds. The molecule has 0 aromatic carbocycles. The van der Waals surface area contributed by atoms with Crippen molar-refractivity contribution in [3.05, 3.63) is 47.8 Å². The second-order valence-corrected chi connectivity index (χ2v) is 7.30. The van der Waals surface area contributed by atoms with Crippen LogP contribution in [-0.4, -0.2) is 48.1 Å². The molecule has 0 aliphatic rings. The van der Waals surface area contributed by atoms with Crippen molar-refractivity contribution in [2.45, 2.75) is 25.2 Å². The zero-order chi connectivity index (χ0) is 26.9. The molecule has 36 heavy (non-hydrogen) atoms. The van der Waals surface area contributed by atoms with Crippen LogP contribution in [0.1, 0.15) is 23.9 Å². The summed E-state index contributed by atoms with van der Waals surface area (Å²) < 4.78 is 105. The Morgan fingerprint density at radius 2 is 1.56 bits per heavy atom. The van der Waals surface area contributed by atoms with Gasteiger partial charge in [-0.15, -0.1) is 5.10 Å². The van der Waals surface area contributed by atoms with Crippen molar-refractivity contribution in [2.75, 3.05) is 11.9 Å². The van der Waals surface area contributed by atoms with Crippen LogP contribution in [0.2, 0.25) is 0 Å². The normalized spacial score (nSPS) is 13.1. The average molecular weight is 522 g/mol. The third kappa shape index (κ3) is 6.70. The minimum Gasteiger partial charge on any atom is -0.366 e. The Bertz CT molecular complexity index is 1240. The van der Waals surface area contributed by atoms with Gasteiger partial charge in [0.1, 0.15) is 17.7 Å². The molecular formula is C19H14F8N8O. The Hall–Kier alpha value is -4.18. The first-order chi connectivity index (χ1) is 16.5. The van der Waals surface area contributed by atoms with E-state index in [0.717, 1.165) is 29.6 Å². The van der Waals surface area contributed by atoms with Gasteiger partial charge < -0.3 is 11.1 Å². The van der Waals surface area contributed by atoms with E-state index in [4.69, 9.17) is 5.73 Å². The average Bonchev–Trinajstić information content (AvgIpc) is 3.23. The molecule has 3 aromatic heterocycles. The Morgan fingerprint density at radius 3 is 2.03 bits per heavy atom. The highest BCUT2D eigenvalue weighted by atomic mass is 19.4. The lowest BCUT2D eigenvalue weighted by Crippen LogP contribution is -2.23. The van der Waals surface area contributed by atoms with Crippen molar-refractivity contribution in [3.63, 3.8) is 0 Å². The summed E-state index contributed by atoms with van der Waals surface area (Å²) in [6.45, 7) is -0.0812. The summed E-state index contributed by atoms with van der Waals surface area (Å²) in [6.07, 6.45) is -6.32. The van der Waals surface area contributed by atoms with Gasteiger partial charge in [-0.25, -0.2) is 33.4 Å². The van der Waals surface area contributed by atoms with Gasteiger partial charge in [-0.3, -0.25) is 4.79 Å². The molecule has 17 heteroatoms. The number of anilines is 1. The van der Waals surface area contributed by atoms with Gasteiger partial charge in [0.2, 0.25) is 5.95 Å². The second kappa shape index (κ2) is 9.46. The lowest BCUT2D eigenvalue weighted by Gasteiger charge is -2.12. The summed E-state index contributed by atoms with van der Waals surface area (Å²) in [5.74, 6) is -4.78. The van der Waals surface area contributed by atoms with Crippen molar-refractivity contribution in [2.24, 2.45) is 5.73 Å². The van der Waals surface area contributed by atoms with Crippen LogP contribution in [-0.2, 0) is 17.1 Å². The second-order valence-electron chi connectivity index (χ2n) is 7.30. The van der Waals surface area contributed by atoms with E-state index in [9.17, 15) is 39.9 Å². The first-order valence-electron chi connectivity index (χ1n) is 9.57. The highest BCUT2D eigenvalue weighted by molar-refractivity contribution is 6.22. The summed E-state index contributed by atoms with van der Waals surface area (Å²) in [7, 11) is 0. The van der Waals surface area contributed by atoms with E-state index in [0.29, 0.717) is 19.1 Å². The zero-order valence-electron chi connectivity index (χ0n) is 17.9. The van der Waals surface area contributed by atoms with E-state index in [1.165, 1.54) is 0 Å². The van der Waals surface area contributed by atoms with Crippen LogP contribution in [0.3, 0.4) is 0 Å². The Labute approximate surface area is 196 Å². The summed E-state index contributed by atoms with van der Waals surface area (Å²) >= 11 is 0. The molecule has 0 unspecified atom stereocenters. The monoisotopic (exact) mass is 522 g/mol. The molecule has 3 rings (SSSR count). The molecule has 3 N–H and O–H groups in total. The number of carbonyl (C=O) groups is 1. The minimum atomic E-state index is -5.17. The van der Waals surface area contributed by atoms with Crippen molar-refractivity contribution in [1.82, 2.24) is 29.7 Å². The largest absolute Gasteiger partial charge is 0.433 e. The van der Waals surface area contributed by atoms with Gasteiger partial charge in [-0.05, 0) is 12.1 Å². The van der Waals surface area contributed by atoms with Gasteiger partial charge in [0.15, 0.2) is 5.82 Å². The van der Waals surface area contributed by atoms with Gasteiger partial charge in [0.25, 0.3) is 11.8 Å². The molecular weight excluding hydrogens is 508 g/mol. The number of amides is 1. The number of alkyl halides is 8. The molecule has 0 aliphatic carbocycles. The number of nitrogens with one attached hydrogen (secondary N) is 1. The summed E-state index contributed by atoms with van der Waals surface area (Å²) in [5.41, 5.74) is 0.820. The predicted molar refractivity (Wildman–Crippen MR) is 108 cm³/mol. The number of hydrogen-bond acceptors (Lipinski definition) is 7. The lowest BCUT2D eigenvalue weighted by molar-refractivity contribution is -0.150. The number of aromatic nitrogens is 6. The quantitative estimate of drug-likeness (QED) is 0.358. The Morgan fingerprint density at radius 1 is 1.00 bits per heavy atom. The molecule has 0 saturated heterocycles. The fraction of sp³-hybridized carbons (Fsp3) is 0.263. The van der Waals surface area contributed by atoms with Crippen LogP contribution in [0.4, 0.5) is 41.1 Å². The van der Waals surface area contributed by atoms with Crippen molar-refractivity contribution in [3.8, 4) is 11.4 Å². The topological polar surface area (TPSA) is 125 Å². The number of nitrogens with two attached hydrogens (primary N) is 1. The molecule has 0 radical (unpaired) electrons. The van der Waals surface area contributed by atoms with E-state index in [2.05, 4.69) is 30.4 Å². The van der Waals surface area contributed by atoms with Crippen LogP contribution in [0, 0.1) is 0 Å². The third-order valence-corrected chi connectivity index (χ3v) is 4.22. The number of primary amides is 1. The smallest absolute Gasteiger partial charge is 0.366 e. The van der Waals surface area contributed by atoms with Crippen LogP contribution in [0.5, 0.6) is 0 Å². The number of hydrogen-bond donors (Lipinski definition) is 2. The fourth-order valence-corrected chi connectivity index (χ4v) is 2.62. The Balaban J connectivity index is 1.94. The van der Waals surface area contributed by atoms with Crippen LogP contribution in [0.25, 0.3) is 23.2 Å². The maximum absolute atomic E-state index is 13.1. The van der Waals surface area contributed by atoms with Crippen LogP contribution in [0.15, 0.2) is 30.9 Å². The molecule has 0 saturated carbocycles. The highest BCUT2D eigenvalue weighted by Crippen LogP contribution is 2.35. The molecule has 3 heterocycles. The third-order valence-electron chi connectivity index (χ3n) is 4.22. The Kier molecular flexibility index (Phi) is 6.95. The van der Waals surface area contributed by atoms with Crippen LogP contribution < -0.4 is 11.1 Å². The number of carbonyl (C=O) groups excluding carboxylic acids is 1. The van der Waals surface area contributed by atoms with Crippen molar-refractivity contribution in [1.29, 1.82) is 0 Å². The molecule has 0 aliphatic heterocycles. The van der Waals surface area contributed by atoms with Gasteiger partial charge in [0, 0.05) is 36.6 Å². The first kappa shape index (κ1) is 26.4. The number of halogens is 8. The molecule has 0 atom stereocenters. The number of rotatable bonds is 7. The van der Waals surface area contributed by atoms with Gasteiger partial charge >= 0.3 is 12.4 Å². The molecule has 192 valence electrons. The van der Waals surface area contributed by atoms with E-state index in [1.807, 2.05) is 0 Å². The summed E-state index contributed by atoms with van der Waals surface area (Å²) in [5, 5.41) is 6.05. The molecule has 9 nitrogen and oxygen atoms in total. The molecule has 3 aromatic rings. The van der Waals surface area contributed by atoms with Gasteiger partial charge in [-0.1, -0.05) is 0 Å². The standard InChI is InChI=1S/C19H14F8N8O/c1-17(20,21)7-31-16-29-4-10(5-30-16)11(14(28)36)6-35-8-32-15(34-35)9-2-12(18(22,23)24)33-13(3-9)19(25,26)27/h2-6,8H,7H2,1H3,(H2,28,36)(H,29,30,31)/b11-6+. The minimum absolute atomic E-state index is 0.0102. The summed E-state index contributed by atoms with van der Waals surface area (Å²) in [4.78, 5) is 25.7. The van der Waals surface area contributed by atoms with Gasteiger partial charge in [0.05, 0.1) is 12.1 Å². The van der Waals surface area contributed by atoms with E-state index in [1.54, 1.807) is 0 Å². The van der Waals surface area contributed by atoms with Crippen molar-refractivity contribution < 1.29 is 39.9 Å². The lowest BCUT2D eigenvalue weighted by atomic mass is 10.1. The first-order valence-corrected chi connectivity index (χ1v) is 9.57. The fourth-order valence-electron chi connectivity index (χ4n) is 2.62. The van der Waals surface area contributed by atoms with E-state index >= 15 is 0 Å². The predicted octanol–water partition coefficient (Wildman–Crippen LogP) is 3.72. The zero-order valence-corrected chi connectivity index (χ0v) is 17.9. The van der Waals surface area contributed by atoms with Crippen LogP contribution >= 0.6 is 0 Å². The SMILES string of the molecule is CC(F)(F)CNc1ncc(/C(=C\n2cnc(-c3cc(C(F)(F)F)nc(C(F)(F)F)c3)n2)C(N)=O)cn1. The van der Waals surface area contributed by atoms with Crippen molar-refractivity contribution >= 4 is 23.6 Å². The number of pyridine rings is 1. The molecule has 0 fully saturated rings. The highest BCUT2D eigenvalue weighted by Gasteiger charge is 2.39. The van der Waals surface area contributed by atoms with Gasteiger partial charge in [-0.2, -0.15) is 26.3 Å². The molecule has 0 spiro atoms. The number of nitrogens with zero attached hydrogens (tertiary/aromatic N) is 6. The van der Waals surface area contributed by atoms with E-state index in [-0.39, 0.29) is 17.1 Å². The van der Waals surface area contributed by atoms with E-state index < -0.39 is 53.5 Å². The maximum Gasteiger partial charge on any atom is 0.433 e.